The van der Waals surface area contributed by atoms with E-state index in [1.165, 1.54) is 19.3 Å². The van der Waals surface area contributed by atoms with Crippen LogP contribution < -0.4 is 5.73 Å². The monoisotopic (exact) mass is 184 g/mol. The molecule has 0 aromatic rings. The molecule has 3 nitrogen and oxygen atoms in total. The maximum Gasteiger partial charge on any atom is 0.315 e. The van der Waals surface area contributed by atoms with Gasteiger partial charge in [-0.3, -0.25) is 4.79 Å². The van der Waals surface area contributed by atoms with Crippen molar-refractivity contribution in [3.05, 3.63) is 0 Å². The Morgan fingerprint density at radius 1 is 1.46 bits per heavy atom. The Labute approximate surface area is 78.6 Å². The van der Waals surface area contributed by atoms with E-state index in [9.17, 15) is 4.79 Å². The summed E-state index contributed by atoms with van der Waals surface area (Å²) in [6.07, 6.45) is 3.69. The second-order valence-corrected chi connectivity index (χ2v) is 4.27. The van der Waals surface area contributed by atoms with Crippen LogP contribution >= 0.6 is 0 Å². The fourth-order valence-electron chi connectivity index (χ4n) is 3.02. The van der Waals surface area contributed by atoms with E-state index in [-0.39, 0.29) is 11.9 Å². The van der Waals surface area contributed by atoms with Crippen LogP contribution in [0.3, 0.4) is 0 Å². The van der Waals surface area contributed by atoms with Gasteiger partial charge in [0.05, 0.1) is 6.61 Å². The van der Waals surface area contributed by atoms with Crippen LogP contribution in [-0.2, 0) is 9.53 Å². The number of quaternary nitrogens is 1. The van der Waals surface area contributed by atoms with Gasteiger partial charge in [0.15, 0.2) is 0 Å². The molecule has 4 atom stereocenters. The molecular weight excluding hydrogens is 166 g/mol. The van der Waals surface area contributed by atoms with Crippen LogP contribution in [0.4, 0.5) is 0 Å². The summed E-state index contributed by atoms with van der Waals surface area (Å²) in [5, 5.41) is 0. The third-order valence-corrected chi connectivity index (χ3v) is 3.65. The van der Waals surface area contributed by atoms with E-state index in [2.05, 4.69) is 5.73 Å². The standard InChI is InChI=1S/C10H17NO2/c1-2-13-10(12)8-6-3-4-7(5-6)9(8)11/h6-9H,2-5,11H2,1H3/p+1/t6-,7+,8+,9+/m1/s1. The Kier molecular flexibility index (Phi) is 2.28. The molecule has 0 unspecified atom stereocenters. The molecule has 0 spiro atoms. The second-order valence-electron chi connectivity index (χ2n) is 4.27. The molecule has 2 aliphatic carbocycles. The van der Waals surface area contributed by atoms with E-state index in [1.807, 2.05) is 6.92 Å². The summed E-state index contributed by atoms with van der Waals surface area (Å²) < 4.78 is 5.07. The lowest BCUT2D eigenvalue weighted by atomic mass is 9.85. The number of rotatable bonds is 2. The summed E-state index contributed by atoms with van der Waals surface area (Å²) in [5.41, 5.74) is 4.10. The summed E-state index contributed by atoms with van der Waals surface area (Å²) >= 11 is 0. The third kappa shape index (κ3) is 1.35. The number of ether oxygens (including phenoxy) is 1. The van der Waals surface area contributed by atoms with Gasteiger partial charge in [-0.15, -0.1) is 0 Å². The summed E-state index contributed by atoms with van der Waals surface area (Å²) in [7, 11) is 0. The van der Waals surface area contributed by atoms with Crippen molar-refractivity contribution in [2.45, 2.75) is 32.2 Å². The normalized spacial score (nSPS) is 42.3. The lowest BCUT2D eigenvalue weighted by Gasteiger charge is -2.23. The van der Waals surface area contributed by atoms with E-state index >= 15 is 0 Å². The van der Waals surface area contributed by atoms with Crippen LogP contribution in [0.15, 0.2) is 0 Å². The average molecular weight is 184 g/mol. The Morgan fingerprint density at radius 3 is 2.69 bits per heavy atom. The highest BCUT2D eigenvalue weighted by Gasteiger charge is 2.52. The number of hydrogen-bond acceptors (Lipinski definition) is 2. The molecule has 0 heterocycles. The van der Waals surface area contributed by atoms with Crippen molar-refractivity contribution >= 4 is 5.97 Å². The minimum atomic E-state index is -0.00491. The number of carbonyl (C=O) groups is 1. The predicted molar refractivity (Wildman–Crippen MR) is 47.6 cm³/mol. The number of fused-ring (bicyclic) bond motifs is 2. The van der Waals surface area contributed by atoms with E-state index in [0.29, 0.717) is 24.5 Å². The largest absolute Gasteiger partial charge is 0.466 e. The summed E-state index contributed by atoms with van der Waals surface area (Å²) in [6.45, 7) is 2.36. The average Bonchev–Trinajstić information content (AvgIpc) is 2.63. The zero-order valence-corrected chi connectivity index (χ0v) is 8.16. The molecule has 0 radical (unpaired) electrons. The molecule has 2 bridgehead atoms. The zero-order valence-electron chi connectivity index (χ0n) is 8.16. The lowest BCUT2D eigenvalue weighted by molar-refractivity contribution is -0.440. The smallest absolute Gasteiger partial charge is 0.315 e. The summed E-state index contributed by atoms with van der Waals surface area (Å²) in [4.78, 5) is 11.6. The minimum Gasteiger partial charge on any atom is -0.466 e. The van der Waals surface area contributed by atoms with Gasteiger partial charge in [-0.25, -0.2) is 0 Å². The van der Waals surface area contributed by atoms with Crippen molar-refractivity contribution in [1.29, 1.82) is 0 Å². The van der Waals surface area contributed by atoms with Gasteiger partial charge < -0.3 is 10.5 Å². The van der Waals surface area contributed by atoms with Gasteiger partial charge in [-0.2, -0.15) is 0 Å². The molecule has 2 rings (SSSR count). The van der Waals surface area contributed by atoms with E-state index in [1.54, 1.807) is 0 Å². The minimum absolute atomic E-state index is 0.00491. The molecule has 0 aliphatic heterocycles. The molecule has 0 aromatic carbocycles. The predicted octanol–water partition coefficient (Wildman–Crippen LogP) is 0.206. The SMILES string of the molecule is CCOC(=O)[C@H]1[C@@H]2CC[C@@H](C2)[C@@H]1[NH3+]. The Bertz CT molecular complexity index is 215. The van der Waals surface area contributed by atoms with Gasteiger partial charge >= 0.3 is 5.97 Å². The van der Waals surface area contributed by atoms with Gasteiger partial charge in [-0.05, 0) is 32.1 Å². The number of hydrogen-bond donors (Lipinski definition) is 1. The van der Waals surface area contributed by atoms with E-state index in [4.69, 9.17) is 4.74 Å². The van der Waals surface area contributed by atoms with Crippen LogP contribution in [0.1, 0.15) is 26.2 Å². The van der Waals surface area contributed by atoms with Crippen molar-refractivity contribution in [2.75, 3.05) is 6.61 Å². The Balaban J connectivity index is 2.03. The highest BCUT2D eigenvalue weighted by molar-refractivity contribution is 5.74. The van der Waals surface area contributed by atoms with Crippen molar-refractivity contribution < 1.29 is 15.3 Å². The summed E-state index contributed by atoms with van der Waals surface area (Å²) in [6, 6.07) is 0.317. The van der Waals surface area contributed by atoms with Gasteiger partial charge in [0.1, 0.15) is 12.0 Å². The quantitative estimate of drug-likeness (QED) is 0.623. The molecule has 0 aromatic heterocycles. The molecule has 0 saturated heterocycles. The lowest BCUT2D eigenvalue weighted by Crippen LogP contribution is -2.68. The molecule has 3 heteroatoms. The van der Waals surface area contributed by atoms with Crippen LogP contribution in [-0.4, -0.2) is 18.6 Å². The molecule has 2 aliphatic rings. The Hall–Kier alpha value is -0.570. The van der Waals surface area contributed by atoms with Crippen molar-refractivity contribution in [3.8, 4) is 0 Å². The summed E-state index contributed by atoms with van der Waals surface area (Å²) in [5.74, 6) is 1.37. The van der Waals surface area contributed by atoms with Gasteiger partial charge in [0, 0.05) is 5.92 Å². The second kappa shape index (κ2) is 3.29. The topological polar surface area (TPSA) is 53.9 Å². The molecule has 74 valence electrons. The van der Waals surface area contributed by atoms with Gasteiger partial charge in [0.25, 0.3) is 0 Å². The van der Waals surface area contributed by atoms with Gasteiger partial charge in [0.2, 0.25) is 0 Å². The fourth-order valence-corrected chi connectivity index (χ4v) is 3.02. The first-order chi connectivity index (χ1) is 6.24. The Morgan fingerprint density at radius 2 is 2.15 bits per heavy atom. The molecular formula is C10H18NO2+. The molecule has 2 fully saturated rings. The van der Waals surface area contributed by atoms with E-state index in [0.717, 1.165) is 0 Å². The highest BCUT2D eigenvalue weighted by atomic mass is 16.5. The van der Waals surface area contributed by atoms with E-state index < -0.39 is 0 Å². The number of carbonyl (C=O) groups excluding carboxylic acids is 1. The first kappa shape index (κ1) is 9.00. The molecule has 13 heavy (non-hydrogen) atoms. The highest BCUT2D eigenvalue weighted by Crippen LogP contribution is 2.47. The van der Waals surface area contributed by atoms with Crippen molar-refractivity contribution in [2.24, 2.45) is 17.8 Å². The molecule has 0 amide bonds. The van der Waals surface area contributed by atoms with Gasteiger partial charge in [-0.1, -0.05) is 0 Å². The molecule has 3 N–H and O–H groups in total. The van der Waals surface area contributed by atoms with Crippen molar-refractivity contribution in [1.82, 2.24) is 0 Å². The fraction of sp³-hybridized carbons (Fsp3) is 0.900. The van der Waals surface area contributed by atoms with Crippen LogP contribution in [0, 0.1) is 17.8 Å². The number of esters is 1. The van der Waals surface area contributed by atoms with Crippen LogP contribution in [0.25, 0.3) is 0 Å². The molecule has 2 saturated carbocycles. The maximum absolute atomic E-state index is 11.6. The first-order valence-electron chi connectivity index (χ1n) is 5.23. The van der Waals surface area contributed by atoms with Crippen LogP contribution in [0.5, 0.6) is 0 Å². The van der Waals surface area contributed by atoms with Crippen molar-refractivity contribution in [3.63, 3.8) is 0 Å². The first-order valence-corrected chi connectivity index (χ1v) is 5.23. The maximum atomic E-state index is 11.6. The zero-order chi connectivity index (χ0) is 9.42. The van der Waals surface area contributed by atoms with Crippen LogP contribution in [0.2, 0.25) is 0 Å². The third-order valence-electron chi connectivity index (χ3n) is 3.65.